The second kappa shape index (κ2) is 7.95. The van der Waals surface area contributed by atoms with E-state index in [9.17, 15) is 13.6 Å². The van der Waals surface area contributed by atoms with Gasteiger partial charge in [-0.3, -0.25) is 0 Å². The maximum Gasteiger partial charge on any atom is 0.365 e. The Morgan fingerprint density at radius 2 is 1.41 bits per heavy atom. The third-order valence-electron chi connectivity index (χ3n) is 5.09. The fraction of sp³-hybridized carbons (Fsp3) is 0.167. The topological polar surface area (TPSA) is 38.7 Å². The molecule has 2 atom stereocenters. The van der Waals surface area contributed by atoms with E-state index in [0.29, 0.717) is 11.3 Å². The number of hydrogen-bond donors (Lipinski definition) is 0. The van der Waals surface area contributed by atoms with Gasteiger partial charge >= 0.3 is 5.97 Å². The Hall–Kier alpha value is -3.34. The molecule has 1 aliphatic rings. The summed E-state index contributed by atoms with van der Waals surface area (Å²) in [7, 11) is 0. The SMILES string of the molecule is Cc1ccc([C@@H]2C[C@@H]2/C(=N\OC(=O)c2ccc(F)cc2)c2ccc(F)cc2)cc1. The van der Waals surface area contributed by atoms with Gasteiger partial charge in [0.05, 0.1) is 11.3 Å². The number of rotatable bonds is 5. The molecular formula is C24H19F2NO2. The van der Waals surface area contributed by atoms with E-state index in [0.717, 1.165) is 6.42 Å². The number of hydrogen-bond acceptors (Lipinski definition) is 3. The Kier molecular flexibility index (Phi) is 5.21. The number of benzene rings is 3. The van der Waals surface area contributed by atoms with Gasteiger partial charge in [0.1, 0.15) is 11.6 Å². The van der Waals surface area contributed by atoms with Gasteiger partial charge in [-0.15, -0.1) is 0 Å². The first-order valence-electron chi connectivity index (χ1n) is 9.38. The summed E-state index contributed by atoms with van der Waals surface area (Å²) in [6.07, 6.45) is 0.868. The molecule has 0 aliphatic heterocycles. The Labute approximate surface area is 167 Å². The van der Waals surface area contributed by atoms with Crippen molar-refractivity contribution in [2.45, 2.75) is 19.3 Å². The molecule has 0 unspecified atom stereocenters. The summed E-state index contributed by atoms with van der Waals surface area (Å²) in [4.78, 5) is 17.4. The van der Waals surface area contributed by atoms with Crippen molar-refractivity contribution >= 4 is 11.7 Å². The Morgan fingerprint density at radius 3 is 2.00 bits per heavy atom. The van der Waals surface area contributed by atoms with Crippen molar-refractivity contribution in [3.8, 4) is 0 Å². The van der Waals surface area contributed by atoms with Gasteiger partial charge in [-0.1, -0.05) is 47.1 Å². The molecule has 5 heteroatoms. The monoisotopic (exact) mass is 391 g/mol. The lowest BCUT2D eigenvalue weighted by atomic mass is 10.0. The Morgan fingerprint density at radius 1 is 0.862 bits per heavy atom. The molecule has 0 radical (unpaired) electrons. The van der Waals surface area contributed by atoms with E-state index in [-0.39, 0.29) is 23.2 Å². The highest BCUT2D eigenvalue weighted by molar-refractivity contribution is 6.04. The highest BCUT2D eigenvalue weighted by Gasteiger charge is 2.43. The van der Waals surface area contributed by atoms with E-state index in [2.05, 4.69) is 29.4 Å². The first-order chi connectivity index (χ1) is 14.0. The van der Waals surface area contributed by atoms with Crippen LogP contribution < -0.4 is 0 Å². The Bertz CT molecular complexity index is 1040. The van der Waals surface area contributed by atoms with Crippen LogP contribution in [0.5, 0.6) is 0 Å². The van der Waals surface area contributed by atoms with E-state index in [4.69, 9.17) is 4.84 Å². The van der Waals surface area contributed by atoms with E-state index in [1.807, 2.05) is 6.92 Å². The van der Waals surface area contributed by atoms with Crippen LogP contribution in [0.4, 0.5) is 8.78 Å². The zero-order valence-electron chi connectivity index (χ0n) is 15.8. The van der Waals surface area contributed by atoms with E-state index in [1.54, 1.807) is 12.1 Å². The van der Waals surface area contributed by atoms with Crippen LogP contribution in [0.25, 0.3) is 0 Å². The van der Waals surface area contributed by atoms with Crippen LogP contribution in [-0.4, -0.2) is 11.7 Å². The molecule has 1 saturated carbocycles. The zero-order chi connectivity index (χ0) is 20.4. The van der Waals surface area contributed by atoms with Crippen LogP contribution in [0.3, 0.4) is 0 Å². The molecule has 1 fully saturated rings. The Balaban J connectivity index is 1.58. The second-order valence-corrected chi connectivity index (χ2v) is 7.23. The molecule has 0 aromatic heterocycles. The number of nitrogens with zero attached hydrogens (tertiary/aromatic N) is 1. The van der Waals surface area contributed by atoms with Gasteiger partial charge in [-0.2, -0.15) is 0 Å². The molecule has 3 nitrogen and oxygen atoms in total. The molecule has 0 bridgehead atoms. The lowest BCUT2D eigenvalue weighted by Gasteiger charge is -2.07. The van der Waals surface area contributed by atoms with Crippen LogP contribution in [0.2, 0.25) is 0 Å². The van der Waals surface area contributed by atoms with Crippen LogP contribution in [0.15, 0.2) is 78.0 Å². The predicted octanol–water partition coefficient (Wildman–Crippen LogP) is 5.64. The summed E-state index contributed by atoms with van der Waals surface area (Å²) in [5.74, 6) is -1.11. The minimum absolute atomic E-state index is 0.0733. The third-order valence-corrected chi connectivity index (χ3v) is 5.09. The number of carbonyl (C=O) groups is 1. The fourth-order valence-corrected chi connectivity index (χ4v) is 3.36. The summed E-state index contributed by atoms with van der Waals surface area (Å²) in [5, 5.41) is 4.13. The van der Waals surface area contributed by atoms with Crippen LogP contribution in [-0.2, 0) is 4.84 Å². The standard InChI is InChI=1S/C24H19F2NO2/c1-15-2-4-16(5-3-15)21-14-22(21)23(17-6-10-19(25)11-7-17)27-29-24(28)18-8-12-20(26)13-9-18/h2-13,21-22H,14H2,1H3/b27-23-/t21-,22-/m0/s1. The molecule has 0 N–H and O–H groups in total. The lowest BCUT2D eigenvalue weighted by Crippen LogP contribution is -2.09. The first kappa shape index (κ1) is 19.0. The van der Waals surface area contributed by atoms with E-state index in [1.165, 1.54) is 47.5 Å². The minimum atomic E-state index is -0.669. The summed E-state index contributed by atoms with van der Waals surface area (Å²) in [6.45, 7) is 2.04. The van der Waals surface area contributed by atoms with Crippen molar-refractivity contribution < 1.29 is 18.4 Å². The number of halogens is 2. The molecule has 146 valence electrons. The molecule has 29 heavy (non-hydrogen) atoms. The minimum Gasteiger partial charge on any atom is -0.313 e. The van der Waals surface area contributed by atoms with Gasteiger partial charge < -0.3 is 4.84 Å². The van der Waals surface area contributed by atoms with E-state index >= 15 is 0 Å². The van der Waals surface area contributed by atoms with Gasteiger partial charge in [-0.05, 0) is 66.8 Å². The summed E-state index contributed by atoms with van der Waals surface area (Å²) in [5.41, 5.74) is 3.90. The molecule has 0 heterocycles. The van der Waals surface area contributed by atoms with Crippen LogP contribution in [0, 0.1) is 24.5 Å². The smallest absolute Gasteiger partial charge is 0.313 e. The molecule has 1 aliphatic carbocycles. The third kappa shape index (κ3) is 4.40. The predicted molar refractivity (Wildman–Crippen MR) is 107 cm³/mol. The van der Waals surface area contributed by atoms with Crippen molar-refractivity contribution in [3.63, 3.8) is 0 Å². The summed E-state index contributed by atoms with van der Waals surface area (Å²) in [6, 6.07) is 19.3. The molecule has 4 rings (SSSR count). The molecular weight excluding hydrogens is 372 g/mol. The van der Waals surface area contributed by atoms with Crippen molar-refractivity contribution in [2.75, 3.05) is 0 Å². The quantitative estimate of drug-likeness (QED) is 0.321. The number of carbonyl (C=O) groups excluding carboxylic acids is 1. The van der Waals surface area contributed by atoms with Gasteiger partial charge in [0.25, 0.3) is 0 Å². The van der Waals surface area contributed by atoms with Crippen LogP contribution in [0.1, 0.15) is 39.4 Å². The largest absolute Gasteiger partial charge is 0.365 e. The molecule has 0 amide bonds. The zero-order valence-corrected chi connectivity index (χ0v) is 15.8. The van der Waals surface area contributed by atoms with E-state index < -0.39 is 11.8 Å². The van der Waals surface area contributed by atoms with Crippen molar-refractivity contribution in [3.05, 3.63) is 107 Å². The maximum absolute atomic E-state index is 13.4. The second-order valence-electron chi connectivity index (χ2n) is 7.23. The van der Waals surface area contributed by atoms with Gasteiger partial charge in [0.15, 0.2) is 0 Å². The number of aryl methyl sites for hydroxylation is 1. The maximum atomic E-state index is 13.4. The highest BCUT2D eigenvalue weighted by atomic mass is 19.1. The van der Waals surface area contributed by atoms with Crippen molar-refractivity contribution in [2.24, 2.45) is 11.1 Å². The van der Waals surface area contributed by atoms with Crippen molar-refractivity contribution in [1.29, 1.82) is 0 Å². The fourth-order valence-electron chi connectivity index (χ4n) is 3.36. The molecule has 3 aromatic carbocycles. The molecule has 0 saturated heterocycles. The first-order valence-corrected chi connectivity index (χ1v) is 9.38. The van der Waals surface area contributed by atoms with Gasteiger partial charge in [0, 0.05) is 5.92 Å². The normalized spacial score (nSPS) is 18.4. The average molecular weight is 391 g/mol. The van der Waals surface area contributed by atoms with Gasteiger partial charge in [0.2, 0.25) is 0 Å². The summed E-state index contributed by atoms with van der Waals surface area (Å²) < 4.78 is 26.4. The van der Waals surface area contributed by atoms with Crippen molar-refractivity contribution in [1.82, 2.24) is 0 Å². The van der Waals surface area contributed by atoms with Crippen LogP contribution >= 0.6 is 0 Å². The highest BCUT2D eigenvalue weighted by Crippen LogP contribution is 2.49. The number of oxime groups is 1. The van der Waals surface area contributed by atoms with Gasteiger partial charge in [-0.25, -0.2) is 13.6 Å². The molecule has 0 spiro atoms. The molecule has 3 aromatic rings. The summed E-state index contributed by atoms with van der Waals surface area (Å²) >= 11 is 0. The average Bonchev–Trinajstić information content (AvgIpc) is 3.51. The lowest BCUT2D eigenvalue weighted by molar-refractivity contribution is 0.0515.